The Morgan fingerprint density at radius 2 is 1.56 bits per heavy atom. The lowest BCUT2D eigenvalue weighted by molar-refractivity contribution is -0.118. The average molecular weight is 355 g/mol. The van der Waals surface area contributed by atoms with E-state index < -0.39 is 0 Å². The van der Waals surface area contributed by atoms with Crippen LogP contribution in [-0.2, 0) is 4.79 Å². The molecule has 25 heavy (non-hydrogen) atoms. The molecular weight excluding hydrogens is 334 g/mol. The zero-order chi connectivity index (χ0) is 18.4. The molecule has 2 aromatic rings. The van der Waals surface area contributed by atoms with Crippen LogP contribution in [0.1, 0.15) is 29.8 Å². The molecule has 0 aliphatic carbocycles. The van der Waals surface area contributed by atoms with E-state index in [2.05, 4.69) is 16.0 Å². The van der Waals surface area contributed by atoms with Crippen LogP contribution in [0.3, 0.4) is 0 Å². The van der Waals surface area contributed by atoms with E-state index in [4.69, 9.17) is 12.2 Å². The molecule has 0 fully saturated rings. The fourth-order valence-electron chi connectivity index (χ4n) is 2.00. The van der Waals surface area contributed by atoms with Gasteiger partial charge in [0.25, 0.3) is 5.91 Å². The number of carbonyl (C=O) groups is 2. The van der Waals surface area contributed by atoms with Gasteiger partial charge in [0.05, 0.1) is 0 Å². The van der Waals surface area contributed by atoms with Crippen LogP contribution >= 0.6 is 12.2 Å². The molecule has 3 N–H and O–H groups in total. The molecule has 0 bridgehead atoms. The lowest BCUT2D eigenvalue weighted by Gasteiger charge is -2.12. The van der Waals surface area contributed by atoms with Crippen molar-refractivity contribution in [1.29, 1.82) is 0 Å². The zero-order valence-corrected chi connectivity index (χ0v) is 15.2. The van der Waals surface area contributed by atoms with Gasteiger partial charge in [0.2, 0.25) is 5.91 Å². The Balaban J connectivity index is 1.97. The van der Waals surface area contributed by atoms with Crippen LogP contribution in [-0.4, -0.2) is 16.9 Å². The molecule has 0 unspecified atom stereocenters. The van der Waals surface area contributed by atoms with Crippen molar-refractivity contribution in [3.63, 3.8) is 0 Å². The minimum Gasteiger partial charge on any atom is -0.332 e. The number of benzene rings is 2. The third-order valence-corrected chi connectivity index (χ3v) is 3.66. The molecule has 5 nitrogen and oxygen atoms in total. The lowest BCUT2D eigenvalue weighted by atomic mass is 10.1. The number of thiocarbonyl (C=S) groups is 1. The number of aryl methyl sites for hydroxylation is 1. The second-order valence-electron chi connectivity index (χ2n) is 6.00. The first-order chi connectivity index (χ1) is 11.8. The van der Waals surface area contributed by atoms with Gasteiger partial charge in [0.1, 0.15) is 0 Å². The van der Waals surface area contributed by atoms with E-state index in [1.807, 2.05) is 32.9 Å². The minimum atomic E-state index is -0.276. The van der Waals surface area contributed by atoms with Crippen LogP contribution < -0.4 is 16.0 Å². The summed E-state index contributed by atoms with van der Waals surface area (Å²) in [5, 5.41) is 8.59. The summed E-state index contributed by atoms with van der Waals surface area (Å²) in [6.45, 7) is 5.61. The molecule has 0 atom stereocenters. The summed E-state index contributed by atoms with van der Waals surface area (Å²) in [4.78, 5) is 23.9. The van der Waals surface area contributed by atoms with Crippen molar-refractivity contribution in [2.45, 2.75) is 20.8 Å². The van der Waals surface area contributed by atoms with Crippen LogP contribution in [0.15, 0.2) is 48.5 Å². The standard InChI is InChI=1S/C19H21N3O2S/c1-12(2)17(23)20-15-5-4-6-16(11-15)21-19(25)22-18(24)14-9-7-13(3)8-10-14/h4-12H,1-3H3,(H,20,23)(H2,21,22,24,25). The Hall–Kier alpha value is -2.73. The third-order valence-electron chi connectivity index (χ3n) is 3.45. The van der Waals surface area contributed by atoms with Crippen LogP contribution in [0, 0.1) is 12.8 Å². The number of anilines is 2. The van der Waals surface area contributed by atoms with Crippen LogP contribution in [0.4, 0.5) is 11.4 Å². The van der Waals surface area contributed by atoms with Crippen LogP contribution in [0.2, 0.25) is 0 Å². The molecule has 0 aliphatic heterocycles. The van der Waals surface area contributed by atoms with Gasteiger partial charge in [-0.05, 0) is 49.5 Å². The number of nitrogens with one attached hydrogen (secondary N) is 3. The first-order valence-corrected chi connectivity index (χ1v) is 8.36. The van der Waals surface area contributed by atoms with Gasteiger partial charge in [-0.15, -0.1) is 0 Å². The Labute approximate surface area is 152 Å². The summed E-state index contributed by atoms with van der Waals surface area (Å²) in [6, 6.07) is 14.4. The normalized spacial score (nSPS) is 10.2. The molecule has 130 valence electrons. The van der Waals surface area contributed by atoms with Crippen molar-refractivity contribution >= 4 is 40.5 Å². The Kier molecular flexibility index (Phi) is 6.25. The molecule has 0 saturated heterocycles. The van der Waals surface area contributed by atoms with Crippen LogP contribution in [0.25, 0.3) is 0 Å². The minimum absolute atomic E-state index is 0.0626. The molecule has 2 rings (SSSR count). The number of hydrogen-bond acceptors (Lipinski definition) is 3. The highest BCUT2D eigenvalue weighted by Crippen LogP contribution is 2.16. The van der Waals surface area contributed by atoms with Gasteiger partial charge < -0.3 is 10.6 Å². The van der Waals surface area contributed by atoms with Crippen molar-refractivity contribution in [2.24, 2.45) is 5.92 Å². The molecule has 6 heteroatoms. The Morgan fingerprint density at radius 1 is 0.960 bits per heavy atom. The van der Waals surface area contributed by atoms with Crippen LogP contribution in [0.5, 0.6) is 0 Å². The summed E-state index contributed by atoms with van der Waals surface area (Å²) in [5.74, 6) is -0.444. The lowest BCUT2D eigenvalue weighted by Crippen LogP contribution is -2.34. The molecule has 0 aliphatic rings. The number of carbonyl (C=O) groups excluding carboxylic acids is 2. The SMILES string of the molecule is Cc1ccc(C(=O)NC(=S)Nc2cccc(NC(=O)C(C)C)c2)cc1. The highest BCUT2D eigenvalue weighted by Gasteiger charge is 2.09. The molecule has 0 heterocycles. The summed E-state index contributed by atoms with van der Waals surface area (Å²) in [6.07, 6.45) is 0. The van der Waals surface area contributed by atoms with E-state index >= 15 is 0 Å². The van der Waals surface area contributed by atoms with E-state index in [-0.39, 0.29) is 22.8 Å². The van der Waals surface area contributed by atoms with Gasteiger partial charge in [0.15, 0.2) is 5.11 Å². The molecule has 0 saturated carbocycles. The maximum atomic E-state index is 12.1. The summed E-state index contributed by atoms with van der Waals surface area (Å²) in [7, 11) is 0. The summed E-state index contributed by atoms with van der Waals surface area (Å²) >= 11 is 5.18. The van der Waals surface area contributed by atoms with Gasteiger partial charge in [-0.3, -0.25) is 14.9 Å². The number of amides is 2. The predicted molar refractivity (Wildman–Crippen MR) is 105 cm³/mol. The number of hydrogen-bond donors (Lipinski definition) is 3. The Morgan fingerprint density at radius 3 is 2.16 bits per heavy atom. The van der Waals surface area contributed by atoms with Crippen molar-refractivity contribution in [1.82, 2.24) is 5.32 Å². The fraction of sp³-hybridized carbons (Fsp3) is 0.211. The quantitative estimate of drug-likeness (QED) is 0.731. The van der Waals surface area contributed by atoms with E-state index in [9.17, 15) is 9.59 Å². The summed E-state index contributed by atoms with van der Waals surface area (Å²) < 4.78 is 0. The molecule has 2 amide bonds. The predicted octanol–water partition coefficient (Wildman–Crippen LogP) is 3.72. The van der Waals surface area contributed by atoms with Gasteiger partial charge in [-0.1, -0.05) is 37.6 Å². The van der Waals surface area contributed by atoms with E-state index in [0.29, 0.717) is 16.9 Å². The average Bonchev–Trinajstić information content (AvgIpc) is 2.55. The zero-order valence-electron chi connectivity index (χ0n) is 14.4. The van der Waals surface area contributed by atoms with Gasteiger partial charge >= 0.3 is 0 Å². The largest absolute Gasteiger partial charge is 0.332 e. The van der Waals surface area contributed by atoms with Gasteiger partial charge in [-0.2, -0.15) is 0 Å². The summed E-state index contributed by atoms with van der Waals surface area (Å²) in [5.41, 5.74) is 2.96. The van der Waals surface area contributed by atoms with Crippen molar-refractivity contribution < 1.29 is 9.59 Å². The maximum absolute atomic E-state index is 12.1. The second kappa shape index (κ2) is 8.39. The fourth-order valence-corrected chi connectivity index (χ4v) is 2.21. The maximum Gasteiger partial charge on any atom is 0.257 e. The monoisotopic (exact) mass is 355 g/mol. The number of rotatable bonds is 4. The Bertz CT molecular complexity index is 786. The molecule has 0 aromatic heterocycles. The molecular formula is C19H21N3O2S. The second-order valence-corrected chi connectivity index (χ2v) is 6.41. The van der Waals surface area contributed by atoms with E-state index in [1.165, 1.54) is 0 Å². The first kappa shape index (κ1) is 18.6. The van der Waals surface area contributed by atoms with E-state index in [0.717, 1.165) is 5.56 Å². The van der Waals surface area contributed by atoms with E-state index in [1.54, 1.807) is 36.4 Å². The molecule has 2 aromatic carbocycles. The smallest absolute Gasteiger partial charge is 0.257 e. The van der Waals surface area contributed by atoms with Crippen molar-refractivity contribution in [3.8, 4) is 0 Å². The van der Waals surface area contributed by atoms with Crippen molar-refractivity contribution in [3.05, 3.63) is 59.7 Å². The topological polar surface area (TPSA) is 70.2 Å². The molecule has 0 spiro atoms. The van der Waals surface area contributed by atoms with Gasteiger partial charge in [0, 0.05) is 22.9 Å². The highest BCUT2D eigenvalue weighted by molar-refractivity contribution is 7.80. The first-order valence-electron chi connectivity index (χ1n) is 7.95. The highest BCUT2D eigenvalue weighted by atomic mass is 32.1. The van der Waals surface area contributed by atoms with Crippen molar-refractivity contribution in [2.75, 3.05) is 10.6 Å². The molecule has 0 radical (unpaired) electrons. The van der Waals surface area contributed by atoms with Gasteiger partial charge in [-0.25, -0.2) is 0 Å². The third kappa shape index (κ3) is 5.69.